The van der Waals surface area contributed by atoms with Crippen molar-refractivity contribution in [2.24, 2.45) is 11.7 Å². The molecule has 0 heterocycles. The highest BCUT2D eigenvalue weighted by molar-refractivity contribution is 7.90. The second kappa shape index (κ2) is 5.21. The number of rotatable bonds is 3. The molecule has 5 heteroatoms. The van der Waals surface area contributed by atoms with Gasteiger partial charge in [-0.25, -0.2) is 0 Å². The molecule has 0 fully saturated rings. The number of primary amides is 1. The van der Waals surface area contributed by atoms with E-state index in [1.54, 1.807) is 0 Å². The van der Waals surface area contributed by atoms with E-state index in [0.717, 1.165) is 12.8 Å². The van der Waals surface area contributed by atoms with Gasteiger partial charge in [0.1, 0.15) is 4.75 Å². The fraction of sp³-hybridized carbons (Fsp3) is 0.727. The summed E-state index contributed by atoms with van der Waals surface area (Å²) in [6.07, 6.45) is 5.22. The number of carbonyl (C=O) groups excluding carboxylic acids is 1. The molecule has 3 N–H and O–H groups in total. The van der Waals surface area contributed by atoms with Gasteiger partial charge in [-0.05, 0) is 33.6 Å². The highest BCUT2D eigenvalue weighted by Crippen LogP contribution is 2.20. The number of nitrogens with two attached hydrogens (primary N) is 1. The standard InChI is InChI=1S/C11H20N2O2S/c1-11(2,3)16(15)13-9-6-4-8(5-7-9)10(12)14/h4,6,8-9,13H,5,7H2,1-3H3,(H2,12,14). The number of nitrogens with one attached hydrogen (secondary N) is 1. The molecule has 0 aliphatic heterocycles. The van der Waals surface area contributed by atoms with Crippen LogP contribution in [0.25, 0.3) is 0 Å². The fourth-order valence-corrected chi connectivity index (χ4v) is 2.29. The van der Waals surface area contributed by atoms with Gasteiger partial charge in [-0.3, -0.25) is 4.79 Å². The van der Waals surface area contributed by atoms with Crippen molar-refractivity contribution < 1.29 is 9.35 Å². The Kier molecular flexibility index (Phi) is 4.41. The van der Waals surface area contributed by atoms with Gasteiger partial charge in [0, 0.05) is 11.4 Å². The lowest BCUT2D eigenvalue weighted by Gasteiger charge is -2.28. The minimum Gasteiger partial charge on any atom is -0.598 e. The van der Waals surface area contributed by atoms with Crippen LogP contribution in [0.5, 0.6) is 0 Å². The molecular weight excluding hydrogens is 224 g/mol. The van der Waals surface area contributed by atoms with E-state index in [2.05, 4.69) is 4.72 Å². The van der Waals surface area contributed by atoms with Gasteiger partial charge in [0.05, 0.1) is 12.0 Å². The Morgan fingerprint density at radius 3 is 2.44 bits per heavy atom. The molecule has 92 valence electrons. The lowest BCUT2D eigenvalue weighted by molar-refractivity contribution is -0.120. The monoisotopic (exact) mass is 244 g/mol. The van der Waals surface area contributed by atoms with Gasteiger partial charge in [-0.15, -0.1) is 4.72 Å². The summed E-state index contributed by atoms with van der Waals surface area (Å²) >= 11 is -1.07. The van der Waals surface area contributed by atoms with Crippen LogP contribution in [0, 0.1) is 5.92 Å². The van der Waals surface area contributed by atoms with Crippen molar-refractivity contribution >= 4 is 17.3 Å². The topological polar surface area (TPSA) is 78.2 Å². The molecule has 0 saturated carbocycles. The Hall–Kier alpha value is -0.520. The molecule has 4 nitrogen and oxygen atoms in total. The lowest BCUT2D eigenvalue weighted by atomic mass is 9.93. The van der Waals surface area contributed by atoms with Crippen LogP contribution in [-0.2, 0) is 16.2 Å². The van der Waals surface area contributed by atoms with Crippen molar-refractivity contribution in [2.75, 3.05) is 0 Å². The first-order valence-corrected chi connectivity index (χ1v) is 6.61. The summed E-state index contributed by atoms with van der Waals surface area (Å²) in [5.74, 6) is -0.451. The summed E-state index contributed by atoms with van der Waals surface area (Å²) in [5, 5.41) is 0. The van der Waals surface area contributed by atoms with E-state index in [-0.39, 0.29) is 22.6 Å². The van der Waals surface area contributed by atoms with Gasteiger partial charge in [-0.1, -0.05) is 12.2 Å². The molecule has 0 spiro atoms. The molecule has 1 aliphatic rings. The van der Waals surface area contributed by atoms with Crippen LogP contribution < -0.4 is 10.5 Å². The zero-order chi connectivity index (χ0) is 12.3. The predicted molar refractivity (Wildman–Crippen MR) is 65.9 cm³/mol. The van der Waals surface area contributed by atoms with Crippen LogP contribution >= 0.6 is 0 Å². The Morgan fingerprint density at radius 1 is 1.44 bits per heavy atom. The summed E-state index contributed by atoms with van der Waals surface area (Å²) in [5.41, 5.74) is 5.21. The minimum atomic E-state index is -1.07. The Bertz CT molecular complexity index is 286. The van der Waals surface area contributed by atoms with Crippen LogP contribution in [-0.4, -0.2) is 21.2 Å². The van der Waals surface area contributed by atoms with Crippen molar-refractivity contribution in [1.82, 2.24) is 4.72 Å². The molecular formula is C11H20N2O2S. The van der Waals surface area contributed by atoms with E-state index in [1.807, 2.05) is 32.9 Å². The zero-order valence-corrected chi connectivity index (χ0v) is 10.8. The second-order valence-electron chi connectivity index (χ2n) is 5.08. The number of hydrogen-bond acceptors (Lipinski definition) is 3. The lowest BCUT2D eigenvalue weighted by Crippen LogP contribution is -2.45. The minimum absolute atomic E-state index is 0.0793. The number of amides is 1. The van der Waals surface area contributed by atoms with Crippen molar-refractivity contribution in [3.05, 3.63) is 12.2 Å². The summed E-state index contributed by atoms with van der Waals surface area (Å²) in [7, 11) is 0. The molecule has 0 aromatic rings. The first kappa shape index (κ1) is 13.5. The summed E-state index contributed by atoms with van der Waals surface area (Å²) in [4.78, 5) is 10.9. The molecule has 0 aromatic carbocycles. The van der Waals surface area contributed by atoms with E-state index < -0.39 is 11.4 Å². The van der Waals surface area contributed by atoms with Crippen molar-refractivity contribution in [2.45, 2.75) is 44.4 Å². The molecule has 1 aliphatic carbocycles. The van der Waals surface area contributed by atoms with Gasteiger partial charge < -0.3 is 10.3 Å². The zero-order valence-electron chi connectivity index (χ0n) is 10.0. The van der Waals surface area contributed by atoms with E-state index in [9.17, 15) is 9.35 Å². The third-order valence-corrected chi connectivity index (χ3v) is 4.17. The quantitative estimate of drug-likeness (QED) is 0.571. The van der Waals surface area contributed by atoms with Crippen LogP contribution in [0.2, 0.25) is 0 Å². The van der Waals surface area contributed by atoms with Crippen LogP contribution in [0.15, 0.2) is 12.2 Å². The third-order valence-electron chi connectivity index (χ3n) is 2.54. The van der Waals surface area contributed by atoms with Gasteiger partial charge >= 0.3 is 0 Å². The maximum atomic E-state index is 11.8. The van der Waals surface area contributed by atoms with Crippen molar-refractivity contribution in [3.63, 3.8) is 0 Å². The van der Waals surface area contributed by atoms with E-state index in [0.29, 0.717) is 0 Å². The molecule has 3 unspecified atom stereocenters. The molecule has 0 bridgehead atoms. The SMILES string of the molecule is CC(C)(C)[S+]([O-])NC1C=CC(C(N)=O)CC1. The Labute approximate surface area is 100.0 Å². The van der Waals surface area contributed by atoms with Crippen LogP contribution in [0.3, 0.4) is 0 Å². The van der Waals surface area contributed by atoms with E-state index >= 15 is 0 Å². The van der Waals surface area contributed by atoms with Crippen LogP contribution in [0.4, 0.5) is 0 Å². The Balaban J connectivity index is 2.48. The second-order valence-corrected chi connectivity index (χ2v) is 7.07. The molecule has 0 saturated heterocycles. The smallest absolute Gasteiger partial charge is 0.224 e. The molecule has 0 radical (unpaired) electrons. The molecule has 1 rings (SSSR count). The van der Waals surface area contributed by atoms with Crippen molar-refractivity contribution in [3.8, 4) is 0 Å². The normalized spacial score (nSPS) is 27.8. The molecule has 0 aromatic heterocycles. The molecule has 16 heavy (non-hydrogen) atoms. The average Bonchev–Trinajstić information content (AvgIpc) is 2.17. The van der Waals surface area contributed by atoms with E-state index in [1.165, 1.54) is 0 Å². The largest absolute Gasteiger partial charge is 0.598 e. The molecule has 1 amide bonds. The average molecular weight is 244 g/mol. The maximum Gasteiger partial charge on any atom is 0.224 e. The Morgan fingerprint density at radius 2 is 2.06 bits per heavy atom. The third kappa shape index (κ3) is 3.81. The maximum absolute atomic E-state index is 11.8. The van der Waals surface area contributed by atoms with Crippen molar-refractivity contribution in [1.29, 1.82) is 0 Å². The van der Waals surface area contributed by atoms with Gasteiger partial charge in [-0.2, -0.15) is 0 Å². The van der Waals surface area contributed by atoms with Gasteiger partial charge in [0.2, 0.25) is 5.91 Å². The fourth-order valence-electron chi connectivity index (χ4n) is 1.47. The van der Waals surface area contributed by atoms with Crippen LogP contribution in [0.1, 0.15) is 33.6 Å². The first-order valence-electron chi connectivity index (χ1n) is 5.46. The first-order chi connectivity index (χ1) is 7.30. The summed E-state index contributed by atoms with van der Waals surface area (Å²) < 4.78 is 14.6. The summed E-state index contributed by atoms with van der Waals surface area (Å²) in [6, 6.07) is 0.0793. The van der Waals surface area contributed by atoms with E-state index in [4.69, 9.17) is 5.73 Å². The van der Waals surface area contributed by atoms with Gasteiger partial charge in [0.15, 0.2) is 0 Å². The predicted octanol–water partition coefficient (Wildman–Crippen LogP) is 0.858. The summed E-state index contributed by atoms with van der Waals surface area (Å²) in [6.45, 7) is 5.78. The highest BCUT2D eigenvalue weighted by Gasteiger charge is 2.30. The highest BCUT2D eigenvalue weighted by atomic mass is 32.2. The molecule has 3 atom stereocenters. The number of carbonyl (C=O) groups is 1. The van der Waals surface area contributed by atoms with Gasteiger partial charge in [0.25, 0.3) is 0 Å². The number of hydrogen-bond donors (Lipinski definition) is 2.